The third-order valence-electron chi connectivity index (χ3n) is 2.44. The van der Waals surface area contributed by atoms with Gasteiger partial charge in [-0.05, 0) is 12.1 Å². The van der Waals surface area contributed by atoms with E-state index in [1.54, 1.807) is 0 Å². The molecule has 0 spiro atoms. The van der Waals surface area contributed by atoms with Crippen LogP contribution in [0.15, 0.2) is 42.6 Å². The summed E-state index contributed by atoms with van der Waals surface area (Å²) in [6.07, 6.45) is 1.26. The first-order valence-electron chi connectivity index (χ1n) is 5.90. The fourth-order valence-electron chi connectivity index (χ4n) is 1.54. The van der Waals surface area contributed by atoms with Gasteiger partial charge in [0, 0.05) is 12.3 Å². The summed E-state index contributed by atoms with van der Waals surface area (Å²) in [5.41, 5.74) is -0.438. The zero-order valence-corrected chi connectivity index (χ0v) is 10.5. The topological polar surface area (TPSA) is 88.9 Å². The van der Waals surface area contributed by atoms with Gasteiger partial charge in [0.2, 0.25) is 0 Å². The number of pyridine rings is 1. The molecule has 2 N–H and O–H groups in total. The fraction of sp³-hybridized carbons (Fsp3) is 0.143. The molecule has 0 unspecified atom stereocenters. The number of hydrogen-bond acceptors (Lipinski definition) is 5. The maximum atomic E-state index is 10.8. The Labute approximate surface area is 115 Å². The number of aromatic nitrogens is 1. The average molecular weight is 275 g/mol. The molecule has 0 fully saturated rings. The quantitative estimate of drug-likeness (QED) is 0.783. The van der Waals surface area contributed by atoms with Crippen molar-refractivity contribution in [3.05, 3.63) is 48.3 Å². The van der Waals surface area contributed by atoms with Crippen LogP contribution in [0.3, 0.4) is 0 Å². The van der Waals surface area contributed by atoms with Crippen molar-refractivity contribution in [1.29, 1.82) is 0 Å². The molecular formula is C14H13NO5. The van der Waals surface area contributed by atoms with Gasteiger partial charge in [0.1, 0.15) is 19.0 Å². The highest BCUT2D eigenvalue weighted by molar-refractivity contribution is 5.89. The molecule has 1 heterocycles. The second kappa shape index (κ2) is 6.42. The molecule has 0 bridgehead atoms. The number of carboxylic acid groups (broad SMARTS) is 1. The van der Waals surface area contributed by atoms with E-state index in [1.807, 2.05) is 30.3 Å². The molecule has 20 heavy (non-hydrogen) atoms. The molecule has 0 amide bonds. The molecule has 0 saturated carbocycles. The van der Waals surface area contributed by atoms with Crippen molar-refractivity contribution in [2.45, 2.75) is 0 Å². The first-order valence-corrected chi connectivity index (χ1v) is 5.90. The normalized spacial score (nSPS) is 10.0. The number of carbonyl (C=O) groups is 1. The zero-order chi connectivity index (χ0) is 14.4. The largest absolute Gasteiger partial charge is 0.503 e. The minimum Gasteiger partial charge on any atom is -0.503 e. The average Bonchev–Trinajstić information content (AvgIpc) is 2.46. The van der Waals surface area contributed by atoms with Gasteiger partial charge in [-0.25, -0.2) is 9.78 Å². The lowest BCUT2D eigenvalue weighted by Crippen LogP contribution is -2.10. The number of hydrogen-bond donors (Lipinski definition) is 2. The summed E-state index contributed by atoms with van der Waals surface area (Å²) in [5, 5.41) is 18.5. The number of nitrogens with zero attached hydrogens (tertiary/aromatic N) is 1. The molecule has 2 rings (SSSR count). The minimum absolute atomic E-state index is 0.0639. The summed E-state index contributed by atoms with van der Waals surface area (Å²) in [7, 11) is 0. The third-order valence-corrected chi connectivity index (χ3v) is 2.44. The van der Waals surface area contributed by atoms with Crippen LogP contribution >= 0.6 is 0 Å². The Kier molecular flexibility index (Phi) is 4.39. The van der Waals surface area contributed by atoms with Gasteiger partial charge in [-0.2, -0.15) is 0 Å². The molecule has 0 aliphatic heterocycles. The number of ether oxygens (including phenoxy) is 2. The first-order chi connectivity index (χ1) is 9.68. The van der Waals surface area contributed by atoms with Crippen LogP contribution in [-0.4, -0.2) is 34.4 Å². The molecule has 6 nitrogen and oxygen atoms in total. The van der Waals surface area contributed by atoms with E-state index < -0.39 is 17.4 Å². The number of aromatic hydroxyl groups is 1. The molecule has 1 aromatic carbocycles. The van der Waals surface area contributed by atoms with Crippen molar-refractivity contribution < 1.29 is 24.5 Å². The number of carboxylic acids is 1. The van der Waals surface area contributed by atoms with Crippen LogP contribution in [0.5, 0.6) is 17.2 Å². The van der Waals surface area contributed by atoms with Crippen LogP contribution in [0.4, 0.5) is 0 Å². The molecule has 2 aromatic rings. The van der Waals surface area contributed by atoms with Gasteiger partial charge >= 0.3 is 5.97 Å². The van der Waals surface area contributed by atoms with Crippen molar-refractivity contribution in [3.63, 3.8) is 0 Å². The molecule has 6 heteroatoms. The van der Waals surface area contributed by atoms with Crippen LogP contribution in [0.2, 0.25) is 0 Å². The Morgan fingerprint density at radius 1 is 1.10 bits per heavy atom. The Morgan fingerprint density at radius 2 is 1.80 bits per heavy atom. The smallest absolute Gasteiger partial charge is 0.358 e. The molecule has 0 radical (unpaired) electrons. The maximum Gasteiger partial charge on any atom is 0.358 e. The Balaban J connectivity index is 1.88. The van der Waals surface area contributed by atoms with Crippen molar-refractivity contribution in [1.82, 2.24) is 4.98 Å². The van der Waals surface area contributed by atoms with Gasteiger partial charge in [-0.1, -0.05) is 18.2 Å². The van der Waals surface area contributed by atoms with Gasteiger partial charge in [0.05, 0.1) is 0 Å². The van der Waals surface area contributed by atoms with Crippen molar-refractivity contribution in [2.75, 3.05) is 13.2 Å². The Hall–Kier alpha value is -2.76. The van der Waals surface area contributed by atoms with Crippen LogP contribution in [0.25, 0.3) is 0 Å². The summed E-state index contributed by atoms with van der Waals surface area (Å²) >= 11 is 0. The maximum absolute atomic E-state index is 10.8. The van der Waals surface area contributed by atoms with E-state index in [2.05, 4.69) is 4.98 Å². The van der Waals surface area contributed by atoms with Gasteiger partial charge in [-0.15, -0.1) is 0 Å². The van der Waals surface area contributed by atoms with Crippen molar-refractivity contribution >= 4 is 5.97 Å². The second-order valence-corrected chi connectivity index (χ2v) is 3.82. The summed E-state index contributed by atoms with van der Waals surface area (Å²) in [4.78, 5) is 14.3. The van der Waals surface area contributed by atoms with Crippen molar-refractivity contribution in [2.24, 2.45) is 0 Å². The summed E-state index contributed by atoms with van der Waals surface area (Å²) in [6, 6.07) is 10.6. The van der Waals surface area contributed by atoms with E-state index in [-0.39, 0.29) is 19.0 Å². The first kappa shape index (κ1) is 13.7. The van der Waals surface area contributed by atoms with Crippen LogP contribution < -0.4 is 9.47 Å². The Morgan fingerprint density at radius 3 is 2.50 bits per heavy atom. The van der Waals surface area contributed by atoms with Gasteiger partial charge in [0.15, 0.2) is 17.2 Å². The van der Waals surface area contributed by atoms with Crippen LogP contribution in [-0.2, 0) is 0 Å². The lowest BCUT2D eigenvalue weighted by molar-refractivity contribution is 0.0686. The number of para-hydroxylation sites is 1. The van der Waals surface area contributed by atoms with E-state index in [4.69, 9.17) is 14.6 Å². The van der Waals surface area contributed by atoms with Gasteiger partial charge in [-0.3, -0.25) is 0 Å². The van der Waals surface area contributed by atoms with Crippen LogP contribution in [0.1, 0.15) is 10.5 Å². The highest BCUT2D eigenvalue weighted by Crippen LogP contribution is 2.27. The number of rotatable bonds is 6. The predicted octanol–water partition coefficient (Wildman–Crippen LogP) is 1.94. The van der Waals surface area contributed by atoms with E-state index >= 15 is 0 Å². The predicted molar refractivity (Wildman–Crippen MR) is 70.3 cm³/mol. The monoisotopic (exact) mass is 275 g/mol. The Bertz CT molecular complexity index is 585. The van der Waals surface area contributed by atoms with E-state index in [1.165, 1.54) is 12.3 Å². The second-order valence-electron chi connectivity index (χ2n) is 3.82. The zero-order valence-electron chi connectivity index (χ0n) is 10.5. The van der Waals surface area contributed by atoms with Crippen molar-refractivity contribution in [3.8, 4) is 17.2 Å². The summed E-state index contributed by atoms with van der Waals surface area (Å²) in [5.74, 6) is -1.02. The van der Waals surface area contributed by atoms with E-state index in [0.717, 1.165) is 0 Å². The minimum atomic E-state index is -1.31. The molecular weight excluding hydrogens is 262 g/mol. The van der Waals surface area contributed by atoms with E-state index in [0.29, 0.717) is 5.75 Å². The molecule has 0 saturated heterocycles. The molecule has 0 aliphatic carbocycles. The van der Waals surface area contributed by atoms with Gasteiger partial charge in [0.25, 0.3) is 0 Å². The third kappa shape index (κ3) is 3.38. The SMILES string of the molecule is O=C(O)c1nccc(OCCOc2ccccc2)c1O. The summed E-state index contributed by atoms with van der Waals surface area (Å²) in [6.45, 7) is 0.444. The highest BCUT2D eigenvalue weighted by atomic mass is 16.5. The molecule has 1 aromatic heterocycles. The van der Waals surface area contributed by atoms with E-state index in [9.17, 15) is 9.90 Å². The highest BCUT2D eigenvalue weighted by Gasteiger charge is 2.15. The number of benzene rings is 1. The molecule has 0 aliphatic rings. The molecule has 104 valence electrons. The van der Waals surface area contributed by atoms with Gasteiger partial charge < -0.3 is 19.7 Å². The lowest BCUT2D eigenvalue weighted by Gasteiger charge is -2.10. The lowest BCUT2D eigenvalue weighted by atomic mass is 10.3. The fourth-order valence-corrected chi connectivity index (χ4v) is 1.54. The van der Waals surface area contributed by atoms with Crippen LogP contribution in [0, 0.1) is 0 Å². The standard InChI is InChI=1S/C14H13NO5/c16-13-11(6-7-15-12(13)14(17)18)20-9-8-19-10-4-2-1-3-5-10/h1-7,16H,8-9H2,(H,17,18). The number of aromatic carboxylic acids is 1. The summed E-state index contributed by atoms with van der Waals surface area (Å²) < 4.78 is 10.7. The molecule has 0 atom stereocenters.